The highest BCUT2D eigenvalue weighted by Gasteiger charge is 2.30. The minimum Gasteiger partial charge on any atom is -0.490 e. The minimum atomic E-state index is -3.52. The van der Waals surface area contributed by atoms with Crippen LogP contribution in [0.2, 0.25) is 0 Å². The lowest BCUT2D eigenvalue weighted by Crippen LogP contribution is -2.40. The molecule has 1 N–H and O–H groups in total. The summed E-state index contributed by atoms with van der Waals surface area (Å²) < 4.78 is 37.8. The van der Waals surface area contributed by atoms with Gasteiger partial charge < -0.3 is 14.8 Å². The molecule has 0 bridgehead atoms. The number of benzene rings is 2. The minimum absolute atomic E-state index is 0.117. The molecule has 2 aromatic rings. The third kappa shape index (κ3) is 6.34. The number of rotatable bonds is 9. The Kier molecular flexibility index (Phi) is 8.30. The first-order chi connectivity index (χ1) is 15.4. The topological polar surface area (TPSA) is 84.9 Å². The largest absolute Gasteiger partial charge is 0.490 e. The number of sulfonamides is 1. The second-order valence-corrected chi connectivity index (χ2v) is 9.27. The molecule has 1 aliphatic heterocycles. The lowest BCUT2D eigenvalue weighted by atomic mass is 9.97. The summed E-state index contributed by atoms with van der Waals surface area (Å²) in [5.74, 6) is 0.850. The van der Waals surface area contributed by atoms with Crippen LogP contribution in [-0.4, -0.2) is 44.9 Å². The van der Waals surface area contributed by atoms with Gasteiger partial charge in [-0.15, -0.1) is 0 Å². The summed E-state index contributed by atoms with van der Waals surface area (Å²) >= 11 is 0. The summed E-state index contributed by atoms with van der Waals surface area (Å²) in [6.07, 6.45) is 2.54. The predicted molar refractivity (Wildman–Crippen MR) is 126 cm³/mol. The zero-order valence-electron chi connectivity index (χ0n) is 18.5. The zero-order chi connectivity index (χ0) is 23.0. The van der Waals surface area contributed by atoms with Crippen LogP contribution in [0.4, 0.5) is 5.69 Å². The van der Waals surface area contributed by atoms with E-state index in [2.05, 4.69) is 5.32 Å². The van der Waals surface area contributed by atoms with Crippen molar-refractivity contribution in [2.75, 3.05) is 31.6 Å². The number of piperidine rings is 1. The van der Waals surface area contributed by atoms with Crippen molar-refractivity contribution in [3.8, 4) is 11.5 Å². The van der Waals surface area contributed by atoms with Gasteiger partial charge in [-0.3, -0.25) is 4.79 Å². The van der Waals surface area contributed by atoms with Crippen LogP contribution >= 0.6 is 0 Å². The molecule has 8 heteroatoms. The molecule has 0 saturated carbocycles. The standard InChI is InChI=1S/C24H30N2O5S/c1-3-30-22-11-10-21(18-23(22)31-4-2)25-24(27)20-12-15-26(16-13-20)32(28,29)17-14-19-8-6-5-7-9-19/h5-11,14,17-18,20H,3-4,12-13,15-16H2,1-2H3,(H,25,27)/b17-14+. The van der Waals surface area contributed by atoms with Crippen molar-refractivity contribution in [3.63, 3.8) is 0 Å². The fourth-order valence-corrected chi connectivity index (χ4v) is 4.78. The van der Waals surface area contributed by atoms with Crippen molar-refractivity contribution < 1.29 is 22.7 Å². The van der Waals surface area contributed by atoms with Gasteiger partial charge in [-0.1, -0.05) is 30.3 Å². The number of nitrogens with one attached hydrogen (secondary N) is 1. The number of amides is 1. The lowest BCUT2D eigenvalue weighted by Gasteiger charge is -2.29. The molecule has 0 aliphatic carbocycles. The van der Waals surface area contributed by atoms with E-state index in [1.165, 1.54) is 9.71 Å². The Morgan fingerprint density at radius 3 is 2.34 bits per heavy atom. The molecule has 172 valence electrons. The van der Waals surface area contributed by atoms with E-state index in [-0.39, 0.29) is 11.8 Å². The Morgan fingerprint density at radius 1 is 1.03 bits per heavy atom. The fourth-order valence-electron chi connectivity index (χ4n) is 3.56. The molecule has 0 spiro atoms. The van der Waals surface area contributed by atoms with Crippen molar-refractivity contribution in [2.24, 2.45) is 5.92 Å². The van der Waals surface area contributed by atoms with E-state index >= 15 is 0 Å². The van der Waals surface area contributed by atoms with Crippen molar-refractivity contribution >= 4 is 27.7 Å². The van der Waals surface area contributed by atoms with Crippen LogP contribution < -0.4 is 14.8 Å². The van der Waals surface area contributed by atoms with Crippen molar-refractivity contribution in [2.45, 2.75) is 26.7 Å². The van der Waals surface area contributed by atoms with E-state index in [0.717, 1.165) is 5.56 Å². The highest BCUT2D eigenvalue weighted by Crippen LogP contribution is 2.31. The van der Waals surface area contributed by atoms with Gasteiger partial charge >= 0.3 is 0 Å². The molecule has 3 rings (SSSR count). The highest BCUT2D eigenvalue weighted by molar-refractivity contribution is 7.92. The number of nitrogens with zero attached hydrogens (tertiary/aromatic N) is 1. The van der Waals surface area contributed by atoms with Crippen LogP contribution in [0, 0.1) is 5.92 Å². The van der Waals surface area contributed by atoms with E-state index in [0.29, 0.717) is 56.3 Å². The average molecular weight is 459 g/mol. The Balaban J connectivity index is 1.57. The maximum absolute atomic E-state index is 12.7. The van der Waals surface area contributed by atoms with Gasteiger partial charge in [-0.2, -0.15) is 4.31 Å². The van der Waals surface area contributed by atoms with Crippen LogP contribution in [0.15, 0.2) is 53.9 Å². The molecule has 7 nitrogen and oxygen atoms in total. The number of carbonyl (C=O) groups is 1. The molecular weight excluding hydrogens is 428 g/mol. The molecule has 0 atom stereocenters. The highest BCUT2D eigenvalue weighted by atomic mass is 32.2. The quantitative estimate of drug-likeness (QED) is 0.611. The fraction of sp³-hybridized carbons (Fsp3) is 0.375. The van der Waals surface area contributed by atoms with Gasteiger partial charge in [-0.05, 0) is 50.5 Å². The number of ether oxygens (including phenoxy) is 2. The lowest BCUT2D eigenvalue weighted by molar-refractivity contribution is -0.120. The summed E-state index contributed by atoms with van der Waals surface area (Å²) in [5, 5.41) is 4.16. The van der Waals surface area contributed by atoms with Gasteiger partial charge in [-0.25, -0.2) is 8.42 Å². The second kappa shape index (κ2) is 11.2. The molecule has 1 aliphatic rings. The Hall–Kier alpha value is -2.84. The molecule has 32 heavy (non-hydrogen) atoms. The molecular formula is C24H30N2O5S. The average Bonchev–Trinajstić information content (AvgIpc) is 2.80. The Labute approximate surface area is 190 Å². The van der Waals surface area contributed by atoms with E-state index in [4.69, 9.17) is 9.47 Å². The molecule has 1 saturated heterocycles. The molecule has 0 aromatic heterocycles. The molecule has 2 aromatic carbocycles. The Bertz CT molecular complexity index is 1030. The van der Waals surface area contributed by atoms with Crippen LogP contribution in [-0.2, 0) is 14.8 Å². The predicted octanol–water partition coefficient (Wildman–Crippen LogP) is 4.14. The van der Waals surface area contributed by atoms with Gasteiger partial charge in [0.15, 0.2) is 11.5 Å². The monoisotopic (exact) mass is 458 g/mol. The van der Waals surface area contributed by atoms with Gasteiger partial charge in [0, 0.05) is 36.2 Å². The molecule has 1 heterocycles. The maximum atomic E-state index is 12.7. The number of anilines is 1. The second-order valence-electron chi connectivity index (χ2n) is 7.45. The zero-order valence-corrected chi connectivity index (χ0v) is 19.3. The number of hydrogen-bond acceptors (Lipinski definition) is 5. The first kappa shape index (κ1) is 23.8. The van der Waals surface area contributed by atoms with Gasteiger partial charge in [0.25, 0.3) is 0 Å². The van der Waals surface area contributed by atoms with Gasteiger partial charge in [0.1, 0.15) is 0 Å². The van der Waals surface area contributed by atoms with Crippen LogP contribution in [0.3, 0.4) is 0 Å². The summed E-state index contributed by atoms with van der Waals surface area (Å²) in [5.41, 5.74) is 1.45. The first-order valence-electron chi connectivity index (χ1n) is 10.9. The van der Waals surface area contributed by atoms with E-state index in [9.17, 15) is 13.2 Å². The smallest absolute Gasteiger partial charge is 0.236 e. The van der Waals surface area contributed by atoms with Gasteiger partial charge in [0.05, 0.1) is 13.2 Å². The third-order valence-corrected chi connectivity index (χ3v) is 6.79. The van der Waals surface area contributed by atoms with Crippen molar-refractivity contribution in [1.29, 1.82) is 0 Å². The van der Waals surface area contributed by atoms with E-state index in [1.807, 2.05) is 44.2 Å². The molecule has 0 radical (unpaired) electrons. The SMILES string of the molecule is CCOc1ccc(NC(=O)C2CCN(S(=O)(=O)/C=C/c3ccccc3)CC2)cc1OCC. The number of hydrogen-bond donors (Lipinski definition) is 1. The molecule has 1 fully saturated rings. The first-order valence-corrected chi connectivity index (χ1v) is 12.4. The van der Waals surface area contributed by atoms with Crippen molar-refractivity contribution in [3.05, 3.63) is 59.5 Å². The third-order valence-electron chi connectivity index (χ3n) is 5.23. The Morgan fingerprint density at radius 2 is 1.69 bits per heavy atom. The summed E-state index contributed by atoms with van der Waals surface area (Å²) in [6.45, 7) is 5.42. The summed E-state index contributed by atoms with van der Waals surface area (Å²) in [6, 6.07) is 14.6. The normalized spacial score (nSPS) is 15.6. The van der Waals surface area contributed by atoms with Crippen molar-refractivity contribution in [1.82, 2.24) is 4.31 Å². The maximum Gasteiger partial charge on any atom is 0.236 e. The van der Waals surface area contributed by atoms with E-state index < -0.39 is 10.0 Å². The summed E-state index contributed by atoms with van der Waals surface area (Å²) in [4.78, 5) is 12.7. The molecule has 0 unspecified atom stereocenters. The number of carbonyl (C=O) groups excluding carboxylic acids is 1. The van der Waals surface area contributed by atoms with Crippen LogP contribution in [0.1, 0.15) is 32.3 Å². The van der Waals surface area contributed by atoms with E-state index in [1.54, 1.807) is 24.3 Å². The van der Waals surface area contributed by atoms with Gasteiger partial charge in [0.2, 0.25) is 15.9 Å². The molecule has 1 amide bonds. The van der Waals surface area contributed by atoms with Crippen LogP contribution in [0.25, 0.3) is 6.08 Å². The van der Waals surface area contributed by atoms with Crippen LogP contribution in [0.5, 0.6) is 11.5 Å². The summed E-state index contributed by atoms with van der Waals surface area (Å²) in [7, 11) is -3.52.